The highest BCUT2D eigenvalue weighted by Gasteiger charge is 2.57. The number of likely N-dealkylation sites (tertiary alicyclic amines) is 1. The fourth-order valence-electron chi connectivity index (χ4n) is 3.83. The summed E-state index contributed by atoms with van der Waals surface area (Å²) in [5.41, 5.74) is 0.595. The highest BCUT2D eigenvalue weighted by atomic mass is 16.4. The Balaban J connectivity index is 2.06. The normalized spacial score (nSPS) is 28.2. The molecule has 0 radical (unpaired) electrons. The number of carboxylic acid groups (broad SMARTS) is 1. The maximum atomic E-state index is 12.3. The van der Waals surface area contributed by atoms with Crippen molar-refractivity contribution in [2.24, 2.45) is 11.3 Å². The standard InChI is InChI=1S/C16H19NO3/c1-17-12(18)10-16(8-5-9-16)13(15(19)20)14(17)11-6-3-2-4-7-11/h2-4,6-7,13-14H,5,8-10H2,1H3,(H,19,20)/t13-,14+/m0/s1. The molecule has 2 atom stereocenters. The van der Waals surface area contributed by atoms with Crippen molar-refractivity contribution in [3.05, 3.63) is 35.9 Å². The number of benzene rings is 1. The molecule has 1 aliphatic heterocycles. The zero-order valence-corrected chi connectivity index (χ0v) is 11.6. The van der Waals surface area contributed by atoms with E-state index in [1.54, 1.807) is 11.9 Å². The van der Waals surface area contributed by atoms with Gasteiger partial charge in [0.25, 0.3) is 0 Å². The Labute approximate surface area is 118 Å². The molecule has 20 heavy (non-hydrogen) atoms. The zero-order valence-electron chi connectivity index (χ0n) is 11.6. The number of aliphatic carboxylic acids is 1. The number of carbonyl (C=O) groups excluding carboxylic acids is 1. The lowest BCUT2D eigenvalue weighted by molar-refractivity contribution is -0.169. The van der Waals surface area contributed by atoms with Gasteiger partial charge in [0, 0.05) is 13.5 Å². The van der Waals surface area contributed by atoms with Crippen LogP contribution in [0.15, 0.2) is 30.3 Å². The lowest BCUT2D eigenvalue weighted by Gasteiger charge is -2.54. The molecule has 1 saturated heterocycles. The quantitative estimate of drug-likeness (QED) is 0.900. The van der Waals surface area contributed by atoms with E-state index in [9.17, 15) is 14.7 Å². The van der Waals surface area contributed by atoms with Gasteiger partial charge in [-0.05, 0) is 23.8 Å². The van der Waals surface area contributed by atoms with Crippen molar-refractivity contribution < 1.29 is 14.7 Å². The van der Waals surface area contributed by atoms with E-state index < -0.39 is 11.9 Å². The fourth-order valence-corrected chi connectivity index (χ4v) is 3.83. The summed E-state index contributed by atoms with van der Waals surface area (Å²) < 4.78 is 0. The van der Waals surface area contributed by atoms with Gasteiger partial charge < -0.3 is 10.0 Å². The monoisotopic (exact) mass is 273 g/mol. The van der Waals surface area contributed by atoms with Crippen molar-refractivity contribution in [3.63, 3.8) is 0 Å². The van der Waals surface area contributed by atoms with Crippen LogP contribution in [0.5, 0.6) is 0 Å². The van der Waals surface area contributed by atoms with Crippen molar-refractivity contribution in [1.82, 2.24) is 4.90 Å². The Morgan fingerprint density at radius 3 is 2.45 bits per heavy atom. The van der Waals surface area contributed by atoms with Crippen LogP contribution in [0, 0.1) is 11.3 Å². The van der Waals surface area contributed by atoms with Gasteiger partial charge in [-0.3, -0.25) is 9.59 Å². The predicted molar refractivity (Wildman–Crippen MR) is 74.0 cm³/mol. The Morgan fingerprint density at radius 2 is 1.95 bits per heavy atom. The number of hydrogen-bond acceptors (Lipinski definition) is 2. The van der Waals surface area contributed by atoms with E-state index in [2.05, 4.69) is 0 Å². The first-order valence-electron chi connectivity index (χ1n) is 7.09. The molecular formula is C16H19NO3. The first-order valence-corrected chi connectivity index (χ1v) is 7.09. The summed E-state index contributed by atoms with van der Waals surface area (Å²) in [5, 5.41) is 9.74. The molecule has 0 aromatic heterocycles. The zero-order chi connectivity index (χ0) is 14.3. The van der Waals surface area contributed by atoms with E-state index in [-0.39, 0.29) is 17.4 Å². The minimum atomic E-state index is -0.780. The van der Waals surface area contributed by atoms with E-state index in [4.69, 9.17) is 0 Å². The van der Waals surface area contributed by atoms with Crippen molar-refractivity contribution in [1.29, 1.82) is 0 Å². The Morgan fingerprint density at radius 1 is 1.30 bits per heavy atom. The molecular weight excluding hydrogens is 254 g/mol. The van der Waals surface area contributed by atoms with Gasteiger partial charge in [0.05, 0.1) is 12.0 Å². The molecule has 106 valence electrons. The summed E-state index contributed by atoms with van der Waals surface area (Å²) in [5.74, 6) is -1.21. The molecule has 2 fully saturated rings. The van der Waals surface area contributed by atoms with Gasteiger partial charge in [-0.15, -0.1) is 0 Å². The van der Waals surface area contributed by atoms with E-state index >= 15 is 0 Å². The molecule has 1 aromatic carbocycles. The van der Waals surface area contributed by atoms with E-state index in [0.29, 0.717) is 6.42 Å². The molecule has 1 aromatic rings. The fraction of sp³-hybridized carbons (Fsp3) is 0.500. The van der Waals surface area contributed by atoms with Crippen LogP contribution in [0.25, 0.3) is 0 Å². The first-order chi connectivity index (χ1) is 9.55. The average Bonchev–Trinajstić information content (AvgIpc) is 2.40. The van der Waals surface area contributed by atoms with E-state index in [0.717, 1.165) is 24.8 Å². The van der Waals surface area contributed by atoms with Crippen LogP contribution < -0.4 is 0 Å². The Bertz CT molecular complexity index is 536. The maximum absolute atomic E-state index is 12.3. The van der Waals surface area contributed by atoms with Gasteiger partial charge in [0.1, 0.15) is 0 Å². The van der Waals surface area contributed by atoms with E-state index in [1.165, 1.54) is 0 Å². The third-order valence-corrected chi connectivity index (χ3v) is 5.05. The number of nitrogens with zero attached hydrogens (tertiary/aromatic N) is 1. The summed E-state index contributed by atoms with van der Waals surface area (Å²) >= 11 is 0. The van der Waals surface area contributed by atoms with Gasteiger partial charge in [-0.25, -0.2) is 0 Å². The van der Waals surface area contributed by atoms with Crippen LogP contribution >= 0.6 is 0 Å². The molecule has 1 aliphatic carbocycles. The molecule has 1 spiro atoms. The van der Waals surface area contributed by atoms with Crippen molar-refractivity contribution in [2.45, 2.75) is 31.7 Å². The summed E-state index contributed by atoms with van der Waals surface area (Å²) in [4.78, 5) is 25.8. The lowest BCUT2D eigenvalue weighted by atomic mass is 9.54. The maximum Gasteiger partial charge on any atom is 0.309 e. The first kappa shape index (κ1) is 13.2. The Hall–Kier alpha value is -1.84. The molecule has 0 bridgehead atoms. The molecule has 1 amide bonds. The van der Waals surface area contributed by atoms with Crippen LogP contribution in [-0.2, 0) is 9.59 Å². The largest absolute Gasteiger partial charge is 0.481 e. The number of carboxylic acids is 1. The molecule has 2 aliphatic rings. The van der Waals surface area contributed by atoms with Gasteiger partial charge in [0.2, 0.25) is 5.91 Å². The van der Waals surface area contributed by atoms with Gasteiger partial charge in [0.15, 0.2) is 0 Å². The number of hydrogen-bond donors (Lipinski definition) is 1. The number of piperidine rings is 1. The number of carbonyl (C=O) groups is 2. The van der Waals surface area contributed by atoms with E-state index in [1.807, 2.05) is 30.3 Å². The Kier molecular flexibility index (Phi) is 3.04. The molecule has 4 nitrogen and oxygen atoms in total. The summed E-state index contributed by atoms with van der Waals surface area (Å²) in [6.07, 6.45) is 3.12. The van der Waals surface area contributed by atoms with Gasteiger partial charge in [-0.1, -0.05) is 36.8 Å². The van der Waals surface area contributed by atoms with Gasteiger partial charge in [-0.2, -0.15) is 0 Å². The van der Waals surface area contributed by atoms with Crippen LogP contribution in [0.2, 0.25) is 0 Å². The molecule has 1 N–H and O–H groups in total. The third kappa shape index (κ3) is 1.82. The van der Waals surface area contributed by atoms with Crippen molar-refractivity contribution >= 4 is 11.9 Å². The third-order valence-electron chi connectivity index (χ3n) is 5.05. The van der Waals surface area contributed by atoms with Crippen LogP contribution in [0.3, 0.4) is 0 Å². The SMILES string of the molecule is CN1C(=O)CC2(CCC2)[C@H](C(=O)O)[C@H]1c1ccccc1. The molecule has 0 unspecified atom stereocenters. The van der Waals surface area contributed by atoms with Crippen molar-refractivity contribution in [2.75, 3.05) is 7.05 Å². The minimum absolute atomic E-state index is 0.0658. The molecule has 4 heteroatoms. The van der Waals surface area contributed by atoms with Crippen LogP contribution in [0.4, 0.5) is 0 Å². The van der Waals surface area contributed by atoms with Crippen LogP contribution in [-0.4, -0.2) is 28.9 Å². The second-order valence-corrected chi connectivity index (χ2v) is 6.07. The minimum Gasteiger partial charge on any atom is -0.481 e. The highest BCUT2D eigenvalue weighted by Crippen LogP contribution is 2.57. The molecule has 1 saturated carbocycles. The second kappa shape index (κ2) is 4.62. The average molecular weight is 273 g/mol. The summed E-state index contributed by atoms with van der Waals surface area (Å²) in [6.45, 7) is 0. The van der Waals surface area contributed by atoms with Crippen molar-refractivity contribution in [3.8, 4) is 0 Å². The summed E-state index contributed by atoms with van der Waals surface area (Å²) in [7, 11) is 1.72. The smallest absolute Gasteiger partial charge is 0.309 e. The second-order valence-electron chi connectivity index (χ2n) is 6.07. The molecule has 3 rings (SSSR count). The van der Waals surface area contributed by atoms with Gasteiger partial charge >= 0.3 is 5.97 Å². The lowest BCUT2D eigenvalue weighted by Crippen LogP contribution is -2.56. The number of rotatable bonds is 2. The number of amides is 1. The van der Waals surface area contributed by atoms with Crippen LogP contribution in [0.1, 0.15) is 37.3 Å². The molecule has 1 heterocycles. The highest BCUT2D eigenvalue weighted by molar-refractivity contribution is 5.83. The predicted octanol–water partition coefficient (Wildman–Crippen LogP) is 2.46. The topological polar surface area (TPSA) is 57.6 Å². The summed E-state index contributed by atoms with van der Waals surface area (Å²) in [6, 6.07) is 9.19.